The molecule has 2 unspecified atom stereocenters. The highest BCUT2D eigenvalue weighted by Gasteiger charge is 2.33. The molecule has 5 rings (SSSR count). The van der Waals surface area contributed by atoms with Gasteiger partial charge in [-0.15, -0.1) is 0 Å². The van der Waals surface area contributed by atoms with Crippen molar-refractivity contribution in [3.8, 4) is 6.07 Å². The number of hydrogen-bond acceptors (Lipinski definition) is 3. The highest BCUT2D eigenvalue weighted by molar-refractivity contribution is 5.23. The van der Waals surface area contributed by atoms with Crippen molar-refractivity contribution in [2.24, 2.45) is 0 Å². The van der Waals surface area contributed by atoms with Crippen molar-refractivity contribution in [1.82, 2.24) is 9.80 Å². The van der Waals surface area contributed by atoms with Crippen LogP contribution >= 0.6 is 0 Å². The number of hydrogen-bond donors (Lipinski definition) is 0. The van der Waals surface area contributed by atoms with Gasteiger partial charge in [0.05, 0.1) is 6.07 Å². The van der Waals surface area contributed by atoms with E-state index in [1.54, 1.807) is 0 Å². The highest BCUT2D eigenvalue weighted by atomic mass is 15.2. The summed E-state index contributed by atoms with van der Waals surface area (Å²) in [5, 5.41) is 11.0. The second-order valence-electron chi connectivity index (χ2n) is 10.6. The van der Waals surface area contributed by atoms with Gasteiger partial charge in [-0.1, -0.05) is 152 Å². The molecule has 3 heteroatoms. The molecule has 5 aromatic rings. The summed E-state index contributed by atoms with van der Waals surface area (Å²) in [5.74, 6) is 0. The molecule has 0 aliphatic rings. The van der Waals surface area contributed by atoms with E-state index in [0.29, 0.717) is 13.1 Å². The lowest BCUT2D eigenvalue weighted by molar-refractivity contribution is 0.0833. The Balaban J connectivity index is 1.56. The van der Waals surface area contributed by atoms with Crippen LogP contribution in [0.4, 0.5) is 0 Å². The summed E-state index contributed by atoms with van der Waals surface area (Å²) >= 11 is 0. The van der Waals surface area contributed by atoms with Crippen LogP contribution < -0.4 is 0 Å². The Hall–Kier alpha value is -4.49. The molecule has 3 nitrogen and oxygen atoms in total. The maximum Gasteiger partial charge on any atom is 0.114 e. The monoisotopic (exact) mass is 535 g/mol. The molecule has 0 spiro atoms. The summed E-state index contributed by atoms with van der Waals surface area (Å²) in [6.07, 6.45) is 0.777. The van der Waals surface area contributed by atoms with Gasteiger partial charge in [-0.3, -0.25) is 9.80 Å². The van der Waals surface area contributed by atoms with Crippen molar-refractivity contribution < 1.29 is 0 Å². The number of nitriles is 1. The van der Waals surface area contributed by atoms with E-state index < -0.39 is 0 Å². The Bertz CT molecular complexity index is 1380. The largest absolute Gasteiger partial charge is 0.289 e. The van der Waals surface area contributed by atoms with Crippen molar-refractivity contribution in [3.05, 3.63) is 179 Å². The lowest BCUT2D eigenvalue weighted by Gasteiger charge is -2.40. The molecule has 0 saturated heterocycles. The molecule has 0 aliphatic heterocycles. The summed E-state index contributed by atoms with van der Waals surface area (Å²) in [7, 11) is 0. The number of benzene rings is 5. The van der Waals surface area contributed by atoms with Crippen LogP contribution in [0.3, 0.4) is 0 Å². The third-order valence-electron chi connectivity index (χ3n) is 7.56. The van der Waals surface area contributed by atoms with Crippen molar-refractivity contribution in [3.63, 3.8) is 0 Å². The Morgan fingerprint density at radius 1 is 0.415 bits per heavy atom. The average molecular weight is 536 g/mol. The van der Waals surface area contributed by atoms with Crippen molar-refractivity contribution in [2.45, 2.75) is 44.7 Å². The first-order valence-electron chi connectivity index (χ1n) is 14.4. The zero-order valence-electron chi connectivity index (χ0n) is 23.5. The van der Waals surface area contributed by atoms with Gasteiger partial charge in [0.15, 0.2) is 0 Å². The molecule has 0 heterocycles. The van der Waals surface area contributed by atoms with Gasteiger partial charge in [0.1, 0.15) is 6.04 Å². The van der Waals surface area contributed by atoms with E-state index in [-0.39, 0.29) is 12.1 Å². The van der Waals surface area contributed by atoms with Gasteiger partial charge in [-0.05, 0) is 34.2 Å². The minimum Gasteiger partial charge on any atom is -0.289 e. The first-order valence-corrected chi connectivity index (χ1v) is 14.4. The maximum absolute atomic E-state index is 11.0. The van der Waals surface area contributed by atoms with E-state index in [1.165, 1.54) is 27.8 Å². The Morgan fingerprint density at radius 2 is 0.707 bits per heavy atom. The van der Waals surface area contributed by atoms with Gasteiger partial charge in [0.2, 0.25) is 0 Å². The van der Waals surface area contributed by atoms with Gasteiger partial charge in [0.25, 0.3) is 0 Å². The summed E-state index contributed by atoms with van der Waals surface area (Å²) in [6, 6.07) is 55.3. The molecule has 0 aliphatic carbocycles. The fraction of sp³-hybridized carbons (Fsp3) is 0.184. The first kappa shape index (κ1) is 28.1. The summed E-state index contributed by atoms with van der Waals surface area (Å²) < 4.78 is 0. The smallest absolute Gasteiger partial charge is 0.114 e. The highest BCUT2D eigenvalue weighted by Crippen LogP contribution is 2.25. The molecule has 0 bridgehead atoms. The fourth-order valence-corrected chi connectivity index (χ4v) is 5.52. The van der Waals surface area contributed by atoms with Gasteiger partial charge in [-0.25, -0.2) is 0 Å². The van der Waals surface area contributed by atoms with Crippen LogP contribution in [-0.4, -0.2) is 21.9 Å². The molecule has 204 valence electrons. The molecule has 0 radical (unpaired) electrons. The zero-order chi connectivity index (χ0) is 28.1. The molecule has 41 heavy (non-hydrogen) atoms. The normalized spacial score (nSPS) is 12.6. The summed E-state index contributed by atoms with van der Waals surface area (Å²) in [4.78, 5) is 4.87. The van der Waals surface area contributed by atoms with Crippen molar-refractivity contribution in [2.75, 3.05) is 0 Å². The molecule has 0 aromatic heterocycles. The molecule has 2 atom stereocenters. The van der Waals surface area contributed by atoms with Gasteiger partial charge in [0, 0.05) is 32.2 Å². The van der Waals surface area contributed by atoms with Crippen LogP contribution in [0.1, 0.15) is 27.8 Å². The zero-order valence-corrected chi connectivity index (χ0v) is 23.5. The second kappa shape index (κ2) is 14.8. The number of nitrogens with zero attached hydrogens (tertiary/aromatic N) is 3. The second-order valence-corrected chi connectivity index (χ2v) is 10.6. The van der Waals surface area contributed by atoms with Crippen molar-refractivity contribution in [1.29, 1.82) is 5.26 Å². The Morgan fingerprint density at radius 3 is 1.02 bits per heavy atom. The predicted octanol–water partition coefficient (Wildman–Crippen LogP) is 7.89. The van der Waals surface area contributed by atoms with Crippen LogP contribution in [0.15, 0.2) is 152 Å². The van der Waals surface area contributed by atoms with Crippen LogP contribution in [0, 0.1) is 11.3 Å². The summed E-state index contributed by atoms with van der Waals surface area (Å²) in [6.45, 7) is 2.92. The van der Waals surface area contributed by atoms with E-state index in [2.05, 4.69) is 155 Å². The molecule has 5 aromatic carbocycles. The fourth-order valence-electron chi connectivity index (χ4n) is 5.52. The third kappa shape index (κ3) is 8.25. The minimum absolute atomic E-state index is 0.0461. The average Bonchev–Trinajstić information content (AvgIpc) is 3.03. The van der Waals surface area contributed by atoms with Gasteiger partial charge in [-0.2, -0.15) is 5.26 Å². The maximum atomic E-state index is 11.0. The lowest BCUT2D eigenvalue weighted by Crippen LogP contribution is -2.51. The van der Waals surface area contributed by atoms with E-state index in [0.717, 1.165) is 19.5 Å². The topological polar surface area (TPSA) is 30.3 Å². The number of rotatable bonds is 13. The van der Waals surface area contributed by atoms with E-state index in [4.69, 9.17) is 0 Å². The van der Waals surface area contributed by atoms with E-state index in [9.17, 15) is 5.26 Å². The Kier molecular flexibility index (Phi) is 10.1. The Labute approximate surface area is 244 Å². The molecule has 0 N–H and O–H groups in total. The SMILES string of the molecule is N#CC(C(Cc1ccccc1)N(Cc1ccccc1)Cc1ccccc1)N(Cc1ccccc1)Cc1ccccc1. The van der Waals surface area contributed by atoms with Crippen LogP contribution in [-0.2, 0) is 32.6 Å². The van der Waals surface area contributed by atoms with E-state index in [1.807, 2.05) is 12.1 Å². The molecule has 0 saturated carbocycles. The standard InChI is InChI=1S/C38H37N3/c39-27-38(41(30-35-22-12-4-13-23-35)31-36-24-14-5-15-25-36)37(26-32-16-6-1-7-17-32)40(28-33-18-8-2-9-19-33)29-34-20-10-3-11-21-34/h1-25,37-38H,26,28-31H2. The van der Waals surface area contributed by atoms with Crippen LogP contribution in [0.25, 0.3) is 0 Å². The molecular formula is C38H37N3. The third-order valence-corrected chi connectivity index (χ3v) is 7.56. The van der Waals surface area contributed by atoms with Gasteiger partial charge >= 0.3 is 0 Å². The molecule has 0 fully saturated rings. The van der Waals surface area contributed by atoms with E-state index >= 15 is 0 Å². The minimum atomic E-state index is -0.344. The molecule has 0 amide bonds. The first-order chi connectivity index (χ1) is 20.3. The van der Waals surface area contributed by atoms with Gasteiger partial charge < -0.3 is 0 Å². The van der Waals surface area contributed by atoms with Crippen LogP contribution in [0.5, 0.6) is 0 Å². The predicted molar refractivity (Wildman–Crippen MR) is 168 cm³/mol. The molecular weight excluding hydrogens is 498 g/mol. The van der Waals surface area contributed by atoms with Crippen LogP contribution in [0.2, 0.25) is 0 Å². The van der Waals surface area contributed by atoms with Crippen molar-refractivity contribution >= 4 is 0 Å². The lowest BCUT2D eigenvalue weighted by atomic mass is 9.95. The quantitative estimate of drug-likeness (QED) is 0.154. The summed E-state index contributed by atoms with van der Waals surface area (Å²) in [5.41, 5.74) is 6.15.